The third-order valence-corrected chi connectivity index (χ3v) is 11.3. The lowest BCUT2D eigenvalue weighted by molar-refractivity contribution is 0.682. The van der Waals surface area contributed by atoms with Crippen LogP contribution in [0.3, 0.4) is 0 Å². The second-order valence-corrected chi connectivity index (χ2v) is 14.2. The number of fused-ring (bicyclic) bond motifs is 8. The third kappa shape index (κ3) is 2.55. The Balaban J connectivity index is 1.69. The second-order valence-electron chi connectivity index (χ2n) is 9.88. The van der Waals surface area contributed by atoms with Gasteiger partial charge >= 0.3 is 0 Å². The smallest absolute Gasteiger partial charge is 0.117 e. The van der Waals surface area contributed by atoms with Gasteiger partial charge in [0.15, 0.2) is 0 Å². The molecule has 0 radical (unpaired) electrons. The van der Waals surface area contributed by atoms with E-state index in [1.165, 1.54) is 32.9 Å². The summed E-state index contributed by atoms with van der Waals surface area (Å²) in [6.45, 7) is 4.86. The Labute approximate surface area is 206 Å². The summed E-state index contributed by atoms with van der Waals surface area (Å²) in [6, 6.07) is 37.1. The number of anilines is 3. The summed E-state index contributed by atoms with van der Waals surface area (Å²) in [6.07, 6.45) is 3.90. The van der Waals surface area contributed by atoms with Gasteiger partial charge in [0.25, 0.3) is 0 Å². The molecule has 5 aromatic rings. The Kier molecular flexibility index (Phi) is 4.21. The van der Waals surface area contributed by atoms with Gasteiger partial charge in [-0.05, 0) is 57.9 Å². The molecule has 0 aliphatic carbocycles. The standard InChI is InChI=1S/C31H25N3Si/c1-35(2)27-18-10-20-32-29(27)31(30-28(35)19-11-21-33-30)23-14-6-8-16-25(23)34(22-12-4-3-5-13-22)26-17-9-7-15-24(26)31/h3-21H,1-2H3. The molecule has 7 rings (SSSR count). The molecule has 0 N–H and O–H groups in total. The van der Waals surface area contributed by atoms with Crippen LogP contribution in [0.25, 0.3) is 0 Å². The van der Waals surface area contributed by atoms with E-state index in [0.29, 0.717) is 0 Å². The number of pyridine rings is 2. The van der Waals surface area contributed by atoms with Crippen molar-refractivity contribution >= 4 is 35.5 Å². The lowest BCUT2D eigenvalue weighted by atomic mass is 9.65. The van der Waals surface area contributed by atoms with E-state index in [-0.39, 0.29) is 0 Å². The number of rotatable bonds is 1. The first-order valence-corrected chi connectivity index (χ1v) is 15.1. The summed E-state index contributed by atoms with van der Waals surface area (Å²) in [5.41, 5.74) is 7.65. The van der Waals surface area contributed by atoms with E-state index >= 15 is 0 Å². The van der Waals surface area contributed by atoms with Gasteiger partial charge in [-0.25, -0.2) is 0 Å². The van der Waals surface area contributed by atoms with Crippen LogP contribution >= 0.6 is 0 Å². The lowest BCUT2D eigenvalue weighted by Gasteiger charge is -2.50. The normalized spacial score (nSPS) is 16.1. The van der Waals surface area contributed by atoms with Gasteiger partial charge in [-0.2, -0.15) is 0 Å². The molecule has 1 spiro atoms. The summed E-state index contributed by atoms with van der Waals surface area (Å²) in [5.74, 6) is 0. The van der Waals surface area contributed by atoms with E-state index in [2.05, 4.69) is 121 Å². The molecule has 0 saturated heterocycles. The van der Waals surface area contributed by atoms with Crippen molar-refractivity contribution in [3.8, 4) is 0 Å². The van der Waals surface area contributed by atoms with Gasteiger partial charge in [-0.3, -0.25) is 9.97 Å². The average Bonchev–Trinajstić information content (AvgIpc) is 2.92. The van der Waals surface area contributed by atoms with Gasteiger partial charge in [-0.15, -0.1) is 0 Å². The SMILES string of the molecule is C[Si]1(C)c2cccnc2C2(c3ccccc3N(c3ccccc3)c3ccccc32)c2ncccc21. The predicted octanol–water partition coefficient (Wildman–Crippen LogP) is 5.78. The minimum Gasteiger partial charge on any atom is -0.310 e. The Morgan fingerprint density at radius 2 is 1.06 bits per heavy atom. The number of benzene rings is 3. The Bertz CT molecular complexity index is 1490. The van der Waals surface area contributed by atoms with Crippen LogP contribution in [-0.2, 0) is 5.41 Å². The van der Waals surface area contributed by atoms with Crippen molar-refractivity contribution < 1.29 is 0 Å². The molecule has 0 saturated carbocycles. The quantitative estimate of drug-likeness (QED) is 0.287. The molecule has 2 aromatic heterocycles. The van der Waals surface area contributed by atoms with E-state index in [9.17, 15) is 0 Å². The first-order chi connectivity index (χ1) is 17.1. The van der Waals surface area contributed by atoms with Gasteiger partial charge < -0.3 is 4.90 Å². The number of aromatic nitrogens is 2. The van der Waals surface area contributed by atoms with Crippen molar-refractivity contribution in [1.82, 2.24) is 9.97 Å². The van der Waals surface area contributed by atoms with Crippen molar-refractivity contribution in [2.24, 2.45) is 0 Å². The van der Waals surface area contributed by atoms with Gasteiger partial charge in [0.2, 0.25) is 0 Å². The molecule has 0 bridgehead atoms. The topological polar surface area (TPSA) is 29.0 Å². The second kappa shape index (κ2) is 7.24. The van der Waals surface area contributed by atoms with Crippen LogP contribution in [0, 0.1) is 0 Å². The molecule has 3 aromatic carbocycles. The van der Waals surface area contributed by atoms with Crippen LogP contribution in [0.2, 0.25) is 13.1 Å². The summed E-state index contributed by atoms with van der Waals surface area (Å²) >= 11 is 0. The highest BCUT2D eigenvalue weighted by Gasteiger charge is 2.55. The van der Waals surface area contributed by atoms with Crippen LogP contribution in [0.4, 0.5) is 17.1 Å². The van der Waals surface area contributed by atoms with Crippen LogP contribution in [-0.4, -0.2) is 18.0 Å². The zero-order valence-electron chi connectivity index (χ0n) is 19.8. The predicted molar refractivity (Wildman–Crippen MR) is 145 cm³/mol. The first-order valence-electron chi connectivity index (χ1n) is 12.1. The van der Waals surface area contributed by atoms with Gasteiger partial charge in [-0.1, -0.05) is 79.8 Å². The zero-order valence-corrected chi connectivity index (χ0v) is 20.8. The highest BCUT2D eigenvalue weighted by Crippen LogP contribution is 2.57. The van der Waals surface area contributed by atoms with Gasteiger partial charge in [0.05, 0.1) is 22.8 Å². The number of hydrogen-bond donors (Lipinski definition) is 0. The number of nitrogens with zero attached hydrogens (tertiary/aromatic N) is 3. The van der Waals surface area contributed by atoms with Crippen molar-refractivity contribution in [2.45, 2.75) is 18.5 Å². The molecular weight excluding hydrogens is 442 g/mol. The first kappa shape index (κ1) is 20.4. The lowest BCUT2D eigenvalue weighted by Crippen LogP contribution is -2.64. The van der Waals surface area contributed by atoms with E-state index in [4.69, 9.17) is 9.97 Å². The number of para-hydroxylation sites is 3. The van der Waals surface area contributed by atoms with E-state index in [0.717, 1.165) is 17.1 Å². The molecule has 4 heteroatoms. The maximum Gasteiger partial charge on any atom is 0.117 e. The molecule has 3 nitrogen and oxygen atoms in total. The molecule has 0 fully saturated rings. The summed E-state index contributed by atoms with van der Waals surface area (Å²) < 4.78 is 0. The van der Waals surface area contributed by atoms with Crippen LogP contribution < -0.4 is 15.3 Å². The zero-order chi connectivity index (χ0) is 23.6. The third-order valence-electron chi connectivity index (χ3n) is 7.78. The molecule has 4 heterocycles. The monoisotopic (exact) mass is 467 g/mol. The molecule has 2 aliphatic heterocycles. The highest BCUT2D eigenvalue weighted by molar-refractivity contribution is 7.01. The largest absolute Gasteiger partial charge is 0.310 e. The van der Waals surface area contributed by atoms with Crippen LogP contribution in [0.1, 0.15) is 22.5 Å². The van der Waals surface area contributed by atoms with Crippen molar-refractivity contribution in [3.05, 3.63) is 138 Å². The minimum atomic E-state index is -2.00. The Morgan fingerprint density at radius 3 is 1.60 bits per heavy atom. The fourth-order valence-corrected chi connectivity index (χ4v) is 9.29. The minimum absolute atomic E-state index is 0.575. The van der Waals surface area contributed by atoms with E-state index in [1.54, 1.807) is 0 Å². The summed E-state index contributed by atoms with van der Waals surface area (Å²) in [4.78, 5) is 12.7. The highest BCUT2D eigenvalue weighted by atomic mass is 28.3. The van der Waals surface area contributed by atoms with Gasteiger partial charge in [0, 0.05) is 18.1 Å². The van der Waals surface area contributed by atoms with Crippen molar-refractivity contribution in [3.63, 3.8) is 0 Å². The fourth-order valence-electron chi connectivity index (χ4n) is 6.29. The molecule has 168 valence electrons. The van der Waals surface area contributed by atoms with Crippen LogP contribution in [0.5, 0.6) is 0 Å². The molecule has 0 amide bonds. The van der Waals surface area contributed by atoms with Crippen molar-refractivity contribution in [2.75, 3.05) is 4.90 Å². The molecule has 0 atom stereocenters. The van der Waals surface area contributed by atoms with Crippen molar-refractivity contribution in [1.29, 1.82) is 0 Å². The maximum atomic E-state index is 5.16. The van der Waals surface area contributed by atoms with E-state index in [1.807, 2.05) is 12.4 Å². The van der Waals surface area contributed by atoms with Gasteiger partial charge in [0.1, 0.15) is 13.5 Å². The molecule has 35 heavy (non-hydrogen) atoms. The van der Waals surface area contributed by atoms with E-state index < -0.39 is 13.5 Å². The molecule has 2 aliphatic rings. The van der Waals surface area contributed by atoms with Crippen LogP contribution in [0.15, 0.2) is 116 Å². The molecular formula is C31H25N3Si. The Morgan fingerprint density at radius 1 is 0.571 bits per heavy atom. The summed E-state index contributed by atoms with van der Waals surface area (Å²) in [5, 5.41) is 2.77. The Hall–Kier alpha value is -4.02. The fraction of sp³-hybridized carbons (Fsp3) is 0.0968. The number of hydrogen-bond acceptors (Lipinski definition) is 3. The average molecular weight is 468 g/mol. The summed E-state index contributed by atoms with van der Waals surface area (Å²) in [7, 11) is -2.00. The molecule has 0 unspecified atom stereocenters. The maximum absolute atomic E-state index is 5.16.